The predicted molar refractivity (Wildman–Crippen MR) is 32.0 cm³/mol. The van der Waals surface area contributed by atoms with E-state index >= 15 is 0 Å². The van der Waals surface area contributed by atoms with Gasteiger partial charge in [0.05, 0.1) is 0 Å². The Bertz CT molecular complexity index is 194. The van der Waals surface area contributed by atoms with Crippen LogP contribution >= 0.6 is 0 Å². The van der Waals surface area contributed by atoms with Crippen LogP contribution < -0.4 is 0 Å². The van der Waals surface area contributed by atoms with Crippen molar-refractivity contribution in [1.29, 1.82) is 0 Å². The van der Waals surface area contributed by atoms with E-state index in [1.54, 1.807) is 0 Å². The van der Waals surface area contributed by atoms with Crippen molar-refractivity contribution in [2.24, 2.45) is 0 Å². The van der Waals surface area contributed by atoms with Crippen molar-refractivity contribution in [2.75, 3.05) is 0 Å². The molecule has 1 rings (SSSR count). The van der Waals surface area contributed by atoms with Crippen molar-refractivity contribution in [2.45, 2.75) is 20.1 Å². The standard InChI is InChI=1S/C6H8O4/c1-3-5(7)9-4(2)10-6(3)8/h4,7H,1-2H3. The van der Waals surface area contributed by atoms with E-state index in [9.17, 15) is 4.79 Å². The summed E-state index contributed by atoms with van der Waals surface area (Å²) >= 11 is 0. The zero-order valence-electron chi connectivity index (χ0n) is 5.75. The first kappa shape index (κ1) is 6.92. The normalized spacial score (nSPS) is 25.8. The van der Waals surface area contributed by atoms with Crippen LogP contribution in [0.5, 0.6) is 0 Å². The summed E-state index contributed by atoms with van der Waals surface area (Å²) in [7, 11) is 0. The molecule has 0 saturated heterocycles. The number of carbonyl (C=O) groups is 1. The van der Waals surface area contributed by atoms with E-state index in [1.807, 2.05) is 0 Å². The van der Waals surface area contributed by atoms with E-state index in [4.69, 9.17) is 5.11 Å². The van der Waals surface area contributed by atoms with Gasteiger partial charge in [-0.2, -0.15) is 0 Å². The number of rotatable bonds is 0. The summed E-state index contributed by atoms with van der Waals surface area (Å²) in [5, 5.41) is 8.88. The van der Waals surface area contributed by atoms with Crippen molar-refractivity contribution in [1.82, 2.24) is 0 Å². The smallest absolute Gasteiger partial charge is 0.343 e. The van der Waals surface area contributed by atoms with Crippen molar-refractivity contribution in [3.8, 4) is 0 Å². The second kappa shape index (κ2) is 2.21. The number of hydrogen-bond donors (Lipinski definition) is 1. The average Bonchev–Trinajstić information content (AvgIpc) is 1.82. The summed E-state index contributed by atoms with van der Waals surface area (Å²) in [5.74, 6) is -0.875. The van der Waals surface area contributed by atoms with Gasteiger partial charge in [0.1, 0.15) is 5.57 Å². The molecule has 1 aliphatic rings. The van der Waals surface area contributed by atoms with Crippen LogP contribution in [0.15, 0.2) is 11.5 Å². The van der Waals surface area contributed by atoms with Gasteiger partial charge in [-0.3, -0.25) is 0 Å². The molecule has 0 aromatic rings. The molecule has 0 spiro atoms. The van der Waals surface area contributed by atoms with Crippen LogP contribution in [0.4, 0.5) is 0 Å². The van der Waals surface area contributed by atoms with E-state index in [0.717, 1.165) is 0 Å². The van der Waals surface area contributed by atoms with Gasteiger partial charge >= 0.3 is 5.97 Å². The molecule has 56 valence electrons. The number of ether oxygens (including phenoxy) is 2. The summed E-state index contributed by atoms with van der Waals surface area (Å²) < 4.78 is 9.25. The molecular formula is C6H8O4. The monoisotopic (exact) mass is 144 g/mol. The fourth-order valence-electron chi connectivity index (χ4n) is 0.596. The molecule has 10 heavy (non-hydrogen) atoms. The first-order chi connectivity index (χ1) is 4.61. The fraction of sp³-hybridized carbons (Fsp3) is 0.500. The van der Waals surface area contributed by atoms with Gasteiger partial charge < -0.3 is 14.6 Å². The van der Waals surface area contributed by atoms with Gasteiger partial charge in [-0.05, 0) is 6.92 Å². The third-order valence-corrected chi connectivity index (χ3v) is 1.18. The zero-order chi connectivity index (χ0) is 7.72. The second-order valence-electron chi connectivity index (χ2n) is 2.02. The predicted octanol–water partition coefficient (Wildman–Crippen LogP) is 0.695. The molecule has 0 aromatic carbocycles. The van der Waals surface area contributed by atoms with E-state index in [0.29, 0.717) is 0 Å². The largest absolute Gasteiger partial charge is 0.481 e. The van der Waals surface area contributed by atoms with Gasteiger partial charge in [0.15, 0.2) is 0 Å². The fourth-order valence-corrected chi connectivity index (χ4v) is 0.596. The summed E-state index contributed by atoms with van der Waals surface area (Å²) in [5.41, 5.74) is 0.109. The molecule has 0 bridgehead atoms. The average molecular weight is 144 g/mol. The van der Waals surface area contributed by atoms with Crippen LogP contribution in [0.3, 0.4) is 0 Å². The van der Waals surface area contributed by atoms with Gasteiger partial charge in [0.2, 0.25) is 6.29 Å². The second-order valence-corrected chi connectivity index (χ2v) is 2.02. The Kier molecular flexibility index (Phi) is 1.53. The molecule has 1 aliphatic heterocycles. The SMILES string of the molecule is CC1=C(O)OC(C)OC1=O. The van der Waals surface area contributed by atoms with Crippen LogP contribution in [0.1, 0.15) is 13.8 Å². The van der Waals surface area contributed by atoms with Gasteiger partial charge in [0, 0.05) is 6.92 Å². The minimum Gasteiger partial charge on any atom is -0.481 e. The lowest BCUT2D eigenvalue weighted by atomic mass is 10.3. The van der Waals surface area contributed by atoms with E-state index in [1.165, 1.54) is 13.8 Å². The maximum Gasteiger partial charge on any atom is 0.343 e. The number of cyclic esters (lactones) is 1. The highest BCUT2D eigenvalue weighted by Gasteiger charge is 2.23. The minimum absolute atomic E-state index is 0.109. The lowest BCUT2D eigenvalue weighted by Crippen LogP contribution is -2.25. The molecule has 1 atom stereocenters. The highest BCUT2D eigenvalue weighted by Crippen LogP contribution is 2.15. The number of esters is 1. The van der Waals surface area contributed by atoms with Gasteiger partial charge in [-0.15, -0.1) is 0 Å². The Morgan fingerprint density at radius 2 is 2.10 bits per heavy atom. The lowest BCUT2D eigenvalue weighted by Gasteiger charge is -2.20. The molecule has 4 heteroatoms. The summed E-state index contributed by atoms with van der Waals surface area (Å²) in [4.78, 5) is 10.7. The summed E-state index contributed by atoms with van der Waals surface area (Å²) in [6.45, 7) is 2.96. The molecular weight excluding hydrogens is 136 g/mol. The Labute approximate surface area is 58.1 Å². The van der Waals surface area contributed by atoms with Crippen LogP contribution in [0.2, 0.25) is 0 Å². The van der Waals surface area contributed by atoms with Crippen LogP contribution in [0.25, 0.3) is 0 Å². The van der Waals surface area contributed by atoms with Gasteiger partial charge in [0.25, 0.3) is 5.95 Å². The maximum atomic E-state index is 10.7. The number of carbonyl (C=O) groups excluding carboxylic acids is 1. The number of aliphatic hydroxyl groups excluding tert-OH is 1. The minimum atomic E-state index is -0.684. The molecule has 1 unspecified atom stereocenters. The Morgan fingerprint density at radius 3 is 2.60 bits per heavy atom. The number of hydrogen-bond acceptors (Lipinski definition) is 4. The van der Waals surface area contributed by atoms with Crippen molar-refractivity contribution < 1.29 is 19.4 Å². The molecule has 0 fully saturated rings. The molecule has 0 aromatic heterocycles. The first-order valence-corrected chi connectivity index (χ1v) is 2.88. The van der Waals surface area contributed by atoms with E-state index in [-0.39, 0.29) is 11.5 Å². The Morgan fingerprint density at radius 1 is 1.50 bits per heavy atom. The number of aliphatic hydroxyl groups is 1. The molecule has 0 amide bonds. The first-order valence-electron chi connectivity index (χ1n) is 2.88. The van der Waals surface area contributed by atoms with Gasteiger partial charge in [-0.25, -0.2) is 4.79 Å². The summed E-state index contributed by atoms with van der Waals surface area (Å²) in [6, 6.07) is 0. The Balaban J connectivity index is 2.85. The van der Waals surface area contributed by atoms with Crippen LogP contribution in [-0.4, -0.2) is 17.4 Å². The highest BCUT2D eigenvalue weighted by molar-refractivity contribution is 5.88. The van der Waals surface area contributed by atoms with Crippen molar-refractivity contribution in [3.63, 3.8) is 0 Å². The lowest BCUT2D eigenvalue weighted by molar-refractivity contribution is -0.179. The Hall–Kier alpha value is -1.19. The van der Waals surface area contributed by atoms with E-state index in [2.05, 4.69) is 9.47 Å². The third kappa shape index (κ3) is 1.05. The third-order valence-electron chi connectivity index (χ3n) is 1.18. The van der Waals surface area contributed by atoms with Gasteiger partial charge in [-0.1, -0.05) is 0 Å². The highest BCUT2D eigenvalue weighted by atomic mass is 16.7. The molecule has 4 nitrogen and oxygen atoms in total. The van der Waals surface area contributed by atoms with E-state index < -0.39 is 12.3 Å². The molecule has 1 N–H and O–H groups in total. The van der Waals surface area contributed by atoms with Crippen molar-refractivity contribution >= 4 is 5.97 Å². The molecule has 0 radical (unpaired) electrons. The topological polar surface area (TPSA) is 55.8 Å². The summed E-state index contributed by atoms with van der Waals surface area (Å²) in [6.07, 6.45) is -0.684. The molecule has 0 saturated carbocycles. The maximum absolute atomic E-state index is 10.7. The quantitative estimate of drug-likeness (QED) is 0.508. The zero-order valence-corrected chi connectivity index (χ0v) is 5.75. The van der Waals surface area contributed by atoms with Crippen LogP contribution in [-0.2, 0) is 14.3 Å². The molecule has 1 heterocycles. The van der Waals surface area contributed by atoms with Crippen LogP contribution in [0, 0.1) is 0 Å². The molecule has 0 aliphatic carbocycles. The van der Waals surface area contributed by atoms with Crippen molar-refractivity contribution in [3.05, 3.63) is 11.5 Å².